The normalized spacial score (nSPS) is 10.3. The maximum atomic E-state index is 13.5. The molecule has 0 amide bonds. The van der Waals surface area contributed by atoms with Crippen molar-refractivity contribution in [3.05, 3.63) is 89.0 Å². The predicted molar refractivity (Wildman–Crippen MR) is 114 cm³/mol. The van der Waals surface area contributed by atoms with Crippen LogP contribution in [0.5, 0.6) is 5.75 Å². The smallest absolute Gasteiger partial charge is 0.162 e. The lowest BCUT2D eigenvalue weighted by atomic mass is 10.0. The van der Waals surface area contributed by atoms with Gasteiger partial charge in [-0.2, -0.15) is 0 Å². The highest BCUT2D eigenvalue weighted by Crippen LogP contribution is 2.23. The van der Waals surface area contributed by atoms with Gasteiger partial charge in [0.25, 0.3) is 0 Å². The van der Waals surface area contributed by atoms with Gasteiger partial charge in [0.1, 0.15) is 5.75 Å². The van der Waals surface area contributed by atoms with Crippen LogP contribution in [0.2, 0.25) is 0 Å². The molecule has 0 bridgehead atoms. The van der Waals surface area contributed by atoms with Gasteiger partial charge in [0, 0.05) is 11.6 Å². The van der Waals surface area contributed by atoms with Crippen LogP contribution in [0.1, 0.15) is 42.9 Å². The van der Waals surface area contributed by atoms with Crippen LogP contribution >= 0.6 is 0 Å². The highest BCUT2D eigenvalue weighted by atomic mass is 19.2. The molecule has 0 heterocycles. The van der Waals surface area contributed by atoms with E-state index in [2.05, 4.69) is 43.0 Å². The molecule has 3 heteroatoms. The van der Waals surface area contributed by atoms with Crippen LogP contribution in [0.15, 0.2) is 60.7 Å². The third-order valence-corrected chi connectivity index (χ3v) is 4.83. The van der Waals surface area contributed by atoms with Gasteiger partial charge in [0.2, 0.25) is 0 Å². The fraction of sp³-hybridized carbons (Fsp3) is 0.231. The molecular weight excluding hydrogens is 366 g/mol. The Morgan fingerprint density at radius 1 is 0.793 bits per heavy atom. The van der Waals surface area contributed by atoms with Crippen molar-refractivity contribution in [3.8, 4) is 28.7 Å². The lowest BCUT2D eigenvalue weighted by Crippen LogP contribution is -1.93. The van der Waals surface area contributed by atoms with E-state index >= 15 is 0 Å². The Balaban J connectivity index is 1.73. The van der Waals surface area contributed by atoms with Gasteiger partial charge in [-0.3, -0.25) is 0 Å². The van der Waals surface area contributed by atoms with E-state index in [4.69, 9.17) is 4.74 Å². The zero-order valence-corrected chi connectivity index (χ0v) is 16.8. The second kappa shape index (κ2) is 9.89. The number of ether oxygens (including phenoxy) is 1. The molecule has 0 saturated heterocycles. The lowest BCUT2D eigenvalue weighted by molar-refractivity contribution is 0.405. The number of hydrogen-bond acceptors (Lipinski definition) is 1. The first-order valence-electron chi connectivity index (χ1n) is 9.85. The molecule has 29 heavy (non-hydrogen) atoms. The molecule has 3 aromatic carbocycles. The number of hydrogen-bond donors (Lipinski definition) is 0. The summed E-state index contributed by atoms with van der Waals surface area (Å²) >= 11 is 0. The van der Waals surface area contributed by atoms with Crippen LogP contribution in [0.3, 0.4) is 0 Å². The summed E-state index contributed by atoms with van der Waals surface area (Å²) in [5.74, 6) is 4.16. The molecule has 0 aliphatic rings. The Labute approximate surface area is 171 Å². The van der Waals surface area contributed by atoms with Crippen molar-refractivity contribution in [1.29, 1.82) is 0 Å². The molecule has 0 N–H and O–H groups in total. The van der Waals surface area contributed by atoms with Crippen LogP contribution in [-0.2, 0) is 6.42 Å². The third-order valence-electron chi connectivity index (χ3n) is 4.83. The molecule has 0 unspecified atom stereocenters. The van der Waals surface area contributed by atoms with Crippen molar-refractivity contribution in [3.63, 3.8) is 0 Å². The Morgan fingerprint density at radius 2 is 1.41 bits per heavy atom. The summed E-state index contributed by atoms with van der Waals surface area (Å²) in [6.45, 7) is 2.21. The van der Waals surface area contributed by atoms with Crippen molar-refractivity contribution in [2.45, 2.75) is 32.6 Å². The van der Waals surface area contributed by atoms with Gasteiger partial charge in [-0.15, -0.1) is 0 Å². The molecule has 0 fully saturated rings. The summed E-state index contributed by atoms with van der Waals surface area (Å²) < 4.78 is 31.9. The maximum absolute atomic E-state index is 13.5. The van der Waals surface area contributed by atoms with E-state index in [0.717, 1.165) is 35.2 Å². The first-order chi connectivity index (χ1) is 14.1. The average Bonchev–Trinajstić information content (AvgIpc) is 2.75. The van der Waals surface area contributed by atoms with Crippen molar-refractivity contribution >= 4 is 0 Å². The molecule has 1 nitrogen and oxygen atoms in total. The molecule has 0 aliphatic heterocycles. The monoisotopic (exact) mass is 390 g/mol. The fourth-order valence-corrected chi connectivity index (χ4v) is 3.12. The lowest BCUT2D eigenvalue weighted by Gasteiger charge is -2.05. The van der Waals surface area contributed by atoms with Crippen LogP contribution in [-0.4, -0.2) is 7.11 Å². The number of unbranched alkanes of at least 4 members (excludes halogenated alkanes) is 2. The molecule has 0 aliphatic carbocycles. The Kier molecular flexibility index (Phi) is 7.03. The number of halogens is 2. The van der Waals surface area contributed by atoms with Gasteiger partial charge in [-0.1, -0.05) is 68.0 Å². The number of methoxy groups -OCH3 is 1. The van der Waals surface area contributed by atoms with E-state index in [1.165, 1.54) is 31.9 Å². The van der Waals surface area contributed by atoms with Crippen molar-refractivity contribution in [1.82, 2.24) is 0 Å². The van der Waals surface area contributed by atoms with Crippen LogP contribution in [0.4, 0.5) is 8.78 Å². The molecule has 0 saturated carbocycles. The van der Waals surface area contributed by atoms with E-state index in [1.807, 2.05) is 24.3 Å². The molecule has 148 valence electrons. The molecule has 0 aromatic heterocycles. The zero-order chi connectivity index (χ0) is 20.6. The zero-order valence-electron chi connectivity index (χ0n) is 16.8. The van der Waals surface area contributed by atoms with E-state index in [-0.39, 0.29) is 5.75 Å². The van der Waals surface area contributed by atoms with Gasteiger partial charge in [-0.25, -0.2) is 8.78 Å². The number of aryl methyl sites for hydroxylation is 1. The van der Waals surface area contributed by atoms with Crippen molar-refractivity contribution in [2.75, 3.05) is 7.11 Å². The van der Waals surface area contributed by atoms with Gasteiger partial charge in [0.05, 0.1) is 12.7 Å². The first kappa shape index (κ1) is 20.6. The molecular formula is C26H24F2O. The molecule has 0 spiro atoms. The standard InChI is InChI=1S/C26H24F2O/c1-3-4-5-6-19-7-12-21(13-8-19)22-14-9-20(10-15-22)11-16-23-17-24(27)25(28)18-26(23)29-2/h7-10,12-15,17-18H,3-6H2,1-2H3. The third kappa shape index (κ3) is 5.45. The Bertz CT molecular complexity index is 1010. The van der Waals surface area contributed by atoms with Gasteiger partial charge in [-0.05, 0) is 47.7 Å². The van der Waals surface area contributed by atoms with Crippen molar-refractivity contribution < 1.29 is 13.5 Å². The quantitative estimate of drug-likeness (QED) is 0.333. The van der Waals surface area contributed by atoms with Gasteiger partial charge >= 0.3 is 0 Å². The molecule has 0 atom stereocenters. The molecule has 0 radical (unpaired) electrons. The molecule has 3 aromatic rings. The minimum atomic E-state index is -0.951. The number of rotatable bonds is 6. The summed E-state index contributed by atoms with van der Waals surface area (Å²) in [6, 6.07) is 18.6. The average molecular weight is 390 g/mol. The van der Waals surface area contributed by atoms with Crippen LogP contribution in [0.25, 0.3) is 11.1 Å². The minimum Gasteiger partial charge on any atom is -0.495 e. The molecule has 3 rings (SSSR count). The SMILES string of the molecule is CCCCCc1ccc(-c2ccc(C#Cc3cc(F)c(F)cc3OC)cc2)cc1. The fourth-order valence-electron chi connectivity index (χ4n) is 3.12. The van der Waals surface area contributed by atoms with Crippen LogP contribution < -0.4 is 4.74 Å². The van der Waals surface area contributed by atoms with Gasteiger partial charge < -0.3 is 4.74 Å². The van der Waals surface area contributed by atoms with Gasteiger partial charge in [0.15, 0.2) is 11.6 Å². The minimum absolute atomic E-state index is 0.215. The van der Waals surface area contributed by atoms with E-state index in [0.29, 0.717) is 5.56 Å². The Hall–Kier alpha value is -3.12. The summed E-state index contributed by atoms with van der Waals surface area (Å²) in [6.07, 6.45) is 4.85. The first-order valence-corrected chi connectivity index (χ1v) is 9.85. The number of benzene rings is 3. The Morgan fingerprint density at radius 3 is 2.03 bits per heavy atom. The van der Waals surface area contributed by atoms with E-state index in [1.54, 1.807) is 0 Å². The van der Waals surface area contributed by atoms with Crippen molar-refractivity contribution in [2.24, 2.45) is 0 Å². The second-order valence-corrected chi connectivity index (χ2v) is 6.95. The topological polar surface area (TPSA) is 9.23 Å². The highest BCUT2D eigenvalue weighted by Gasteiger charge is 2.08. The van der Waals surface area contributed by atoms with Crippen LogP contribution in [0, 0.1) is 23.5 Å². The summed E-state index contributed by atoms with van der Waals surface area (Å²) in [5.41, 5.74) is 4.74. The maximum Gasteiger partial charge on any atom is 0.162 e. The summed E-state index contributed by atoms with van der Waals surface area (Å²) in [4.78, 5) is 0. The largest absolute Gasteiger partial charge is 0.495 e. The summed E-state index contributed by atoms with van der Waals surface area (Å²) in [7, 11) is 1.40. The second-order valence-electron chi connectivity index (χ2n) is 6.95. The highest BCUT2D eigenvalue weighted by molar-refractivity contribution is 5.65. The summed E-state index contributed by atoms with van der Waals surface area (Å²) in [5, 5.41) is 0. The van der Waals surface area contributed by atoms with E-state index in [9.17, 15) is 8.78 Å². The predicted octanol–water partition coefficient (Wildman–Crippen LogP) is 6.77. The van der Waals surface area contributed by atoms with E-state index < -0.39 is 11.6 Å².